The Balaban J connectivity index is 3.09. The maximum atomic E-state index is 3.93. The third kappa shape index (κ3) is 1.37. The van der Waals surface area contributed by atoms with Crippen molar-refractivity contribution in [3.63, 3.8) is 0 Å². The normalized spacial score (nSPS) is 11.6. The Morgan fingerprint density at radius 1 is 1.73 bits per heavy atom. The standard InChI is InChI=1S/C8H11N3/c1-4-7(5-2)8-10-9-6-11(8)3/h4-6H,1H2,2-3H3/b7-5+. The molecule has 11 heavy (non-hydrogen) atoms. The molecule has 0 aliphatic rings. The lowest BCUT2D eigenvalue weighted by Crippen LogP contribution is -1.93. The van der Waals surface area contributed by atoms with Gasteiger partial charge in [-0.25, -0.2) is 0 Å². The molecule has 0 atom stereocenters. The number of aryl methyl sites for hydroxylation is 1. The first kappa shape index (κ1) is 7.72. The average molecular weight is 149 g/mol. The second-order valence-corrected chi connectivity index (χ2v) is 2.21. The second-order valence-electron chi connectivity index (χ2n) is 2.21. The van der Waals surface area contributed by atoms with Crippen molar-refractivity contribution in [2.75, 3.05) is 0 Å². The largest absolute Gasteiger partial charge is 0.317 e. The first-order valence-electron chi connectivity index (χ1n) is 3.42. The molecule has 0 N–H and O–H groups in total. The van der Waals surface area contributed by atoms with Crippen LogP contribution in [0.5, 0.6) is 0 Å². The van der Waals surface area contributed by atoms with Crippen LogP contribution in [0.1, 0.15) is 12.7 Å². The number of rotatable bonds is 2. The van der Waals surface area contributed by atoms with Crippen molar-refractivity contribution in [2.45, 2.75) is 6.92 Å². The molecule has 0 radical (unpaired) electrons. The van der Waals surface area contributed by atoms with Crippen LogP contribution in [0.15, 0.2) is 25.1 Å². The summed E-state index contributed by atoms with van der Waals surface area (Å²) >= 11 is 0. The van der Waals surface area contributed by atoms with Crippen molar-refractivity contribution < 1.29 is 0 Å². The molecule has 3 nitrogen and oxygen atoms in total. The molecule has 1 aromatic rings. The van der Waals surface area contributed by atoms with Crippen LogP contribution >= 0.6 is 0 Å². The summed E-state index contributed by atoms with van der Waals surface area (Å²) in [6.45, 7) is 5.63. The highest BCUT2D eigenvalue weighted by Gasteiger charge is 2.01. The predicted octanol–water partition coefficient (Wildman–Crippen LogP) is 1.40. The summed E-state index contributed by atoms with van der Waals surface area (Å²) in [4.78, 5) is 0. The maximum absolute atomic E-state index is 3.93. The molecular formula is C8H11N3. The predicted molar refractivity (Wildman–Crippen MR) is 44.9 cm³/mol. The van der Waals surface area contributed by atoms with Crippen LogP contribution in [0.3, 0.4) is 0 Å². The molecule has 0 saturated heterocycles. The molecule has 0 fully saturated rings. The smallest absolute Gasteiger partial charge is 0.163 e. The van der Waals surface area contributed by atoms with Gasteiger partial charge < -0.3 is 4.57 Å². The van der Waals surface area contributed by atoms with E-state index in [-0.39, 0.29) is 0 Å². The van der Waals surface area contributed by atoms with E-state index in [1.165, 1.54) is 0 Å². The Morgan fingerprint density at radius 3 is 2.82 bits per heavy atom. The Labute approximate surface area is 66.1 Å². The minimum Gasteiger partial charge on any atom is -0.317 e. The second kappa shape index (κ2) is 3.14. The summed E-state index contributed by atoms with van der Waals surface area (Å²) in [6.07, 6.45) is 5.39. The molecule has 58 valence electrons. The summed E-state index contributed by atoms with van der Waals surface area (Å²) in [5.74, 6) is 0.850. The minimum atomic E-state index is 0.850. The monoisotopic (exact) mass is 149 g/mol. The van der Waals surface area contributed by atoms with Crippen LogP contribution in [0.4, 0.5) is 0 Å². The number of nitrogens with zero attached hydrogens (tertiary/aromatic N) is 3. The fourth-order valence-corrected chi connectivity index (χ4v) is 0.883. The molecule has 0 amide bonds. The van der Waals surface area contributed by atoms with Crippen LogP contribution in [0.2, 0.25) is 0 Å². The van der Waals surface area contributed by atoms with Gasteiger partial charge in [0.25, 0.3) is 0 Å². The van der Waals surface area contributed by atoms with E-state index >= 15 is 0 Å². The quantitative estimate of drug-likeness (QED) is 0.595. The lowest BCUT2D eigenvalue weighted by molar-refractivity contribution is 0.891. The molecule has 0 unspecified atom stereocenters. The molecule has 0 spiro atoms. The summed E-state index contributed by atoms with van der Waals surface area (Å²) < 4.78 is 1.86. The van der Waals surface area contributed by atoms with Crippen molar-refractivity contribution in [2.24, 2.45) is 7.05 Å². The van der Waals surface area contributed by atoms with E-state index in [2.05, 4.69) is 16.8 Å². The van der Waals surface area contributed by atoms with Gasteiger partial charge in [0.15, 0.2) is 5.82 Å². The lowest BCUT2D eigenvalue weighted by Gasteiger charge is -1.97. The highest BCUT2D eigenvalue weighted by molar-refractivity contribution is 5.68. The molecule has 0 aliphatic heterocycles. The molecule has 1 heterocycles. The summed E-state index contributed by atoms with van der Waals surface area (Å²) in [6, 6.07) is 0. The van der Waals surface area contributed by atoms with Crippen LogP contribution in [0.25, 0.3) is 5.57 Å². The van der Waals surface area contributed by atoms with E-state index in [9.17, 15) is 0 Å². The molecular weight excluding hydrogens is 138 g/mol. The van der Waals surface area contributed by atoms with E-state index < -0.39 is 0 Å². The zero-order chi connectivity index (χ0) is 8.27. The third-order valence-corrected chi connectivity index (χ3v) is 1.50. The van der Waals surface area contributed by atoms with Crippen LogP contribution < -0.4 is 0 Å². The number of hydrogen-bond donors (Lipinski definition) is 0. The van der Waals surface area contributed by atoms with E-state index in [0.717, 1.165) is 11.4 Å². The van der Waals surface area contributed by atoms with E-state index in [1.54, 1.807) is 12.4 Å². The fraction of sp³-hybridized carbons (Fsp3) is 0.250. The van der Waals surface area contributed by atoms with Crippen molar-refractivity contribution in [3.05, 3.63) is 30.9 Å². The number of aromatic nitrogens is 3. The molecule has 0 aromatic carbocycles. The Hall–Kier alpha value is -1.38. The highest BCUT2D eigenvalue weighted by atomic mass is 15.2. The fourth-order valence-electron chi connectivity index (χ4n) is 0.883. The third-order valence-electron chi connectivity index (χ3n) is 1.50. The lowest BCUT2D eigenvalue weighted by atomic mass is 10.2. The molecule has 0 aliphatic carbocycles. The minimum absolute atomic E-state index is 0.850. The van der Waals surface area contributed by atoms with Crippen molar-refractivity contribution in [1.29, 1.82) is 0 Å². The van der Waals surface area contributed by atoms with Gasteiger partial charge in [-0.3, -0.25) is 0 Å². The Bertz CT molecular complexity index is 283. The molecule has 0 bridgehead atoms. The zero-order valence-electron chi connectivity index (χ0n) is 6.78. The van der Waals surface area contributed by atoms with Gasteiger partial charge >= 0.3 is 0 Å². The summed E-state index contributed by atoms with van der Waals surface area (Å²) in [5.41, 5.74) is 1.00. The molecule has 1 rings (SSSR count). The van der Waals surface area contributed by atoms with Crippen LogP contribution in [-0.2, 0) is 7.05 Å². The van der Waals surface area contributed by atoms with Crippen molar-refractivity contribution in [1.82, 2.24) is 14.8 Å². The first-order chi connectivity index (χ1) is 5.29. The van der Waals surface area contributed by atoms with Gasteiger partial charge in [-0.15, -0.1) is 10.2 Å². The van der Waals surface area contributed by atoms with Gasteiger partial charge in [0.1, 0.15) is 6.33 Å². The number of allylic oxidation sites excluding steroid dienone is 3. The van der Waals surface area contributed by atoms with Gasteiger partial charge in [0, 0.05) is 12.6 Å². The van der Waals surface area contributed by atoms with Crippen molar-refractivity contribution in [3.8, 4) is 0 Å². The van der Waals surface area contributed by atoms with Crippen molar-refractivity contribution >= 4 is 5.57 Å². The van der Waals surface area contributed by atoms with Crippen LogP contribution in [-0.4, -0.2) is 14.8 Å². The van der Waals surface area contributed by atoms with Gasteiger partial charge in [-0.2, -0.15) is 0 Å². The number of hydrogen-bond acceptors (Lipinski definition) is 2. The van der Waals surface area contributed by atoms with E-state index in [1.807, 2.05) is 24.6 Å². The highest BCUT2D eigenvalue weighted by Crippen LogP contribution is 2.09. The van der Waals surface area contributed by atoms with Crippen LogP contribution in [0, 0.1) is 0 Å². The van der Waals surface area contributed by atoms with E-state index in [0.29, 0.717) is 0 Å². The van der Waals surface area contributed by atoms with Gasteiger partial charge in [0.05, 0.1) is 0 Å². The first-order valence-corrected chi connectivity index (χ1v) is 3.42. The topological polar surface area (TPSA) is 30.7 Å². The Morgan fingerprint density at radius 2 is 2.45 bits per heavy atom. The summed E-state index contributed by atoms with van der Waals surface area (Å²) in [7, 11) is 1.91. The molecule has 0 saturated carbocycles. The molecule has 1 aromatic heterocycles. The van der Waals surface area contributed by atoms with E-state index in [4.69, 9.17) is 0 Å². The van der Waals surface area contributed by atoms with Gasteiger partial charge in [-0.1, -0.05) is 18.7 Å². The Kier molecular flexibility index (Phi) is 2.21. The average Bonchev–Trinajstić information content (AvgIpc) is 2.40. The van der Waals surface area contributed by atoms with Gasteiger partial charge in [0.2, 0.25) is 0 Å². The zero-order valence-corrected chi connectivity index (χ0v) is 6.78. The SMILES string of the molecule is C=C/C(=C\C)c1nncn1C. The maximum Gasteiger partial charge on any atom is 0.163 e. The summed E-state index contributed by atoms with van der Waals surface area (Å²) in [5, 5.41) is 7.69. The van der Waals surface area contributed by atoms with Gasteiger partial charge in [-0.05, 0) is 6.92 Å². The molecule has 3 heteroatoms.